The monoisotopic (exact) mass is 318 g/mol. The summed E-state index contributed by atoms with van der Waals surface area (Å²) in [6.07, 6.45) is 3.01. The van der Waals surface area contributed by atoms with Crippen molar-refractivity contribution in [3.05, 3.63) is 47.5 Å². The van der Waals surface area contributed by atoms with Crippen LogP contribution in [0.25, 0.3) is 11.2 Å². The molecule has 0 radical (unpaired) electrons. The van der Waals surface area contributed by atoms with Crippen molar-refractivity contribution in [1.82, 2.24) is 19.9 Å². The van der Waals surface area contributed by atoms with Gasteiger partial charge >= 0.3 is 0 Å². The van der Waals surface area contributed by atoms with Gasteiger partial charge < -0.3 is 4.98 Å². The molecule has 0 saturated heterocycles. The first kappa shape index (κ1) is 14.0. The number of aromatic nitrogens is 4. The predicted molar refractivity (Wildman–Crippen MR) is 82.8 cm³/mol. The predicted octanol–water partition coefficient (Wildman–Crippen LogP) is 3.37. The molecule has 0 aliphatic carbocycles. The topological polar surface area (TPSA) is 71.5 Å². The van der Waals surface area contributed by atoms with E-state index >= 15 is 0 Å². The smallest absolute Gasteiger partial charge is 0.181 e. The number of ketones is 1. The molecule has 0 saturated carbocycles. The van der Waals surface area contributed by atoms with E-state index in [1.807, 2.05) is 6.92 Å². The van der Waals surface area contributed by atoms with Crippen LogP contribution in [0.4, 0.5) is 0 Å². The van der Waals surface area contributed by atoms with Gasteiger partial charge in [0.1, 0.15) is 16.9 Å². The third kappa shape index (κ3) is 2.91. The molecule has 0 aliphatic rings. The lowest BCUT2D eigenvalue weighted by atomic mass is 10.1. The summed E-state index contributed by atoms with van der Waals surface area (Å²) in [4.78, 5) is 27.7. The fraction of sp³-hybridized carbons (Fsp3) is 0.143. The molecule has 3 aromatic rings. The maximum absolute atomic E-state index is 12.4. The Labute approximate surface area is 130 Å². The van der Waals surface area contributed by atoms with E-state index in [0.717, 1.165) is 5.52 Å². The highest BCUT2D eigenvalue weighted by molar-refractivity contribution is 8.00. The maximum atomic E-state index is 12.4. The molecule has 0 bridgehead atoms. The molecule has 7 heteroatoms. The van der Waals surface area contributed by atoms with Crippen molar-refractivity contribution >= 4 is 40.3 Å². The summed E-state index contributed by atoms with van der Waals surface area (Å²) in [5, 5.41) is 1.06. The number of imidazole rings is 1. The first-order chi connectivity index (χ1) is 10.1. The van der Waals surface area contributed by atoms with E-state index in [2.05, 4.69) is 19.9 Å². The highest BCUT2D eigenvalue weighted by atomic mass is 35.5. The van der Waals surface area contributed by atoms with E-state index in [9.17, 15) is 4.79 Å². The van der Waals surface area contributed by atoms with Crippen molar-refractivity contribution < 1.29 is 4.79 Å². The second-order valence-electron chi connectivity index (χ2n) is 4.41. The quantitative estimate of drug-likeness (QED) is 0.453. The standard InChI is InChI=1S/C14H11ClN4OS/c1-8(12(20)9-2-4-10(15)5-3-9)21-14-11-13(17-6-16-11)18-7-19-14/h2-8H,1H3,(H,16,17,18,19). The number of hydrogen-bond acceptors (Lipinski definition) is 5. The molecule has 21 heavy (non-hydrogen) atoms. The van der Waals surface area contributed by atoms with Crippen LogP contribution in [0.5, 0.6) is 0 Å². The van der Waals surface area contributed by atoms with Crippen molar-refractivity contribution in [2.45, 2.75) is 17.2 Å². The number of halogens is 1. The molecule has 0 spiro atoms. The van der Waals surface area contributed by atoms with E-state index in [4.69, 9.17) is 11.6 Å². The van der Waals surface area contributed by atoms with Gasteiger partial charge in [0.15, 0.2) is 11.4 Å². The fourth-order valence-electron chi connectivity index (χ4n) is 1.90. The van der Waals surface area contributed by atoms with Gasteiger partial charge in [-0.3, -0.25) is 4.79 Å². The summed E-state index contributed by atoms with van der Waals surface area (Å²) < 4.78 is 0. The van der Waals surface area contributed by atoms with E-state index in [-0.39, 0.29) is 11.0 Å². The number of thioether (sulfide) groups is 1. The van der Waals surface area contributed by atoms with Crippen molar-refractivity contribution in [2.24, 2.45) is 0 Å². The summed E-state index contributed by atoms with van der Waals surface area (Å²) in [6, 6.07) is 6.88. The van der Waals surface area contributed by atoms with Crippen LogP contribution in [0.2, 0.25) is 5.02 Å². The van der Waals surface area contributed by atoms with Crippen LogP contribution in [-0.4, -0.2) is 31.0 Å². The van der Waals surface area contributed by atoms with Crippen LogP contribution in [0, 0.1) is 0 Å². The number of rotatable bonds is 4. The summed E-state index contributed by atoms with van der Waals surface area (Å²) in [7, 11) is 0. The molecular formula is C14H11ClN4OS. The molecule has 1 N–H and O–H groups in total. The number of aromatic amines is 1. The Hall–Kier alpha value is -1.92. The van der Waals surface area contributed by atoms with E-state index in [0.29, 0.717) is 21.3 Å². The number of nitrogens with zero attached hydrogens (tertiary/aromatic N) is 3. The number of H-pyrrole nitrogens is 1. The minimum Gasteiger partial charge on any atom is -0.341 e. The molecule has 106 valence electrons. The zero-order chi connectivity index (χ0) is 14.8. The number of Topliss-reactive ketones (excluding diaryl/α,β-unsaturated/α-hetero) is 1. The highest BCUT2D eigenvalue weighted by Gasteiger charge is 2.19. The molecule has 1 unspecified atom stereocenters. The third-order valence-corrected chi connectivity index (χ3v) is 4.33. The number of carbonyl (C=O) groups excluding carboxylic acids is 1. The van der Waals surface area contributed by atoms with Crippen LogP contribution >= 0.6 is 23.4 Å². The van der Waals surface area contributed by atoms with Crippen molar-refractivity contribution in [3.63, 3.8) is 0 Å². The average molecular weight is 319 g/mol. The molecule has 1 aromatic carbocycles. The number of benzene rings is 1. The Morgan fingerprint density at radius 2 is 2.00 bits per heavy atom. The van der Waals surface area contributed by atoms with Crippen molar-refractivity contribution in [3.8, 4) is 0 Å². The number of nitrogens with one attached hydrogen (secondary N) is 1. The van der Waals surface area contributed by atoms with Gasteiger partial charge in [-0.15, -0.1) is 0 Å². The molecule has 1 atom stereocenters. The molecule has 3 rings (SSSR count). The van der Waals surface area contributed by atoms with Gasteiger partial charge in [-0.05, 0) is 31.2 Å². The summed E-state index contributed by atoms with van der Waals surface area (Å²) in [5.74, 6) is 0.0305. The van der Waals surface area contributed by atoms with Crippen LogP contribution in [0.1, 0.15) is 17.3 Å². The molecule has 5 nitrogen and oxygen atoms in total. The summed E-state index contributed by atoms with van der Waals surface area (Å²) >= 11 is 7.21. The zero-order valence-electron chi connectivity index (χ0n) is 11.1. The van der Waals surface area contributed by atoms with Crippen LogP contribution in [-0.2, 0) is 0 Å². The van der Waals surface area contributed by atoms with Crippen molar-refractivity contribution in [1.29, 1.82) is 0 Å². The number of carbonyl (C=O) groups is 1. The SMILES string of the molecule is CC(Sc1ncnc2nc[nH]c12)C(=O)c1ccc(Cl)cc1. The van der Waals surface area contributed by atoms with Gasteiger partial charge in [0.25, 0.3) is 0 Å². The Morgan fingerprint density at radius 1 is 1.24 bits per heavy atom. The van der Waals surface area contributed by atoms with Gasteiger partial charge in [0.2, 0.25) is 0 Å². The first-order valence-electron chi connectivity index (χ1n) is 6.25. The normalized spacial score (nSPS) is 12.5. The molecule has 0 fully saturated rings. The molecule has 2 aromatic heterocycles. The van der Waals surface area contributed by atoms with Gasteiger partial charge in [0.05, 0.1) is 11.6 Å². The Kier molecular flexibility index (Phi) is 3.90. The highest BCUT2D eigenvalue weighted by Crippen LogP contribution is 2.28. The number of hydrogen-bond donors (Lipinski definition) is 1. The van der Waals surface area contributed by atoms with Crippen molar-refractivity contribution in [2.75, 3.05) is 0 Å². The molecular weight excluding hydrogens is 308 g/mol. The van der Waals surface area contributed by atoms with Gasteiger partial charge in [-0.1, -0.05) is 23.4 Å². The lowest BCUT2D eigenvalue weighted by Crippen LogP contribution is -2.13. The lowest BCUT2D eigenvalue weighted by Gasteiger charge is -2.10. The maximum Gasteiger partial charge on any atom is 0.181 e. The lowest BCUT2D eigenvalue weighted by molar-refractivity contribution is 0.0994. The molecule has 0 aliphatic heterocycles. The Morgan fingerprint density at radius 3 is 2.76 bits per heavy atom. The van der Waals surface area contributed by atoms with Crippen LogP contribution < -0.4 is 0 Å². The largest absolute Gasteiger partial charge is 0.341 e. The average Bonchev–Trinajstić information content (AvgIpc) is 2.97. The van der Waals surface area contributed by atoms with Crippen LogP contribution in [0.15, 0.2) is 41.9 Å². The fourth-order valence-corrected chi connectivity index (χ4v) is 2.98. The Balaban J connectivity index is 1.82. The van der Waals surface area contributed by atoms with E-state index in [1.54, 1.807) is 30.6 Å². The zero-order valence-corrected chi connectivity index (χ0v) is 12.6. The first-order valence-corrected chi connectivity index (χ1v) is 7.51. The van der Waals surface area contributed by atoms with Gasteiger partial charge in [0, 0.05) is 10.6 Å². The van der Waals surface area contributed by atoms with Gasteiger partial charge in [-0.2, -0.15) is 0 Å². The minimum atomic E-state index is -0.271. The summed E-state index contributed by atoms with van der Waals surface area (Å²) in [5.41, 5.74) is 1.98. The van der Waals surface area contributed by atoms with E-state index in [1.165, 1.54) is 18.1 Å². The third-order valence-electron chi connectivity index (χ3n) is 2.97. The van der Waals surface area contributed by atoms with E-state index < -0.39 is 0 Å². The Bertz CT molecular complexity index is 787. The number of fused-ring (bicyclic) bond motifs is 1. The second kappa shape index (κ2) is 5.83. The summed E-state index contributed by atoms with van der Waals surface area (Å²) in [6.45, 7) is 1.85. The second-order valence-corrected chi connectivity index (χ2v) is 6.18. The van der Waals surface area contributed by atoms with Gasteiger partial charge in [-0.25, -0.2) is 15.0 Å². The molecule has 0 amide bonds. The minimum absolute atomic E-state index is 0.0305. The van der Waals surface area contributed by atoms with Crippen LogP contribution in [0.3, 0.4) is 0 Å². The molecule has 2 heterocycles.